The predicted octanol–water partition coefficient (Wildman–Crippen LogP) is 2.82. The summed E-state index contributed by atoms with van der Waals surface area (Å²) in [4.78, 5) is 17.4. The van der Waals surface area contributed by atoms with Crippen LogP contribution in [0.3, 0.4) is 0 Å². The molecule has 2 aliphatic rings. The number of likely N-dealkylation sites (tertiary alicyclic amines) is 1. The fraction of sp³-hybridized carbons (Fsp3) is 0.435. The lowest BCUT2D eigenvalue weighted by Crippen LogP contribution is -2.50. The topological polar surface area (TPSA) is 60.9 Å². The van der Waals surface area contributed by atoms with Gasteiger partial charge in [0.2, 0.25) is 10.0 Å². The van der Waals surface area contributed by atoms with Gasteiger partial charge in [-0.05, 0) is 55.8 Å². The van der Waals surface area contributed by atoms with E-state index in [2.05, 4.69) is 4.90 Å². The second-order valence-electron chi connectivity index (χ2n) is 8.04. The van der Waals surface area contributed by atoms with Gasteiger partial charge in [0.25, 0.3) is 5.91 Å². The second-order valence-corrected chi connectivity index (χ2v) is 9.98. The van der Waals surface area contributed by atoms with Gasteiger partial charge in [-0.1, -0.05) is 36.8 Å². The maximum absolute atomic E-state index is 12.9. The standard InChI is InChI=1S/C23H29N3O3S/c27-23(21-11-9-20(10-12-21)19-24-13-5-2-6-14-24)25-15-17-26(18-16-25)30(28,29)22-7-3-1-4-8-22/h1,3-4,7-12H,2,5-6,13-19H2. The van der Waals surface area contributed by atoms with Crippen molar-refractivity contribution >= 4 is 15.9 Å². The molecule has 0 unspecified atom stereocenters. The fourth-order valence-electron chi connectivity index (χ4n) is 4.18. The first-order chi connectivity index (χ1) is 14.5. The molecule has 0 bridgehead atoms. The Bertz CT molecular complexity index is 947. The van der Waals surface area contributed by atoms with Crippen molar-refractivity contribution in [1.29, 1.82) is 0 Å². The van der Waals surface area contributed by atoms with E-state index in [9.17, 15) is 13.2 Å². The monoisotopic (exact) mass is 427 g/mol. The van der Waals surface area contributed by atoms with Gasteiger partial charge in [-0.25, -0.2) is 8.42 Å². The number of sulfonamides is 1. The van der Waals surface area contributed by atoms with Gasteiger partial charge in [0.1, 0.15) is 0 Å². The first kappa shape index (κ1) is 21.0. The number of rotatable bonds is 5. The van der Waals surface area contributed by atoms with Crippen molar-refractivity contribution in [2.24, 2.45) is 0 Å². The van der Waals surface area contributed by atoms with Gasteiger partial charge in [-0.2, -0.15) is 4.31 Å². The normalized spacial score (nSPS) is 19.0. The zero-order chi connectivity index (χ0) is 21.0. The quantitative estimate of drug-likeness (QED) is 0.736. The summed E-state index contributed by atoms with van der Waals surface area (Å²) in [6.07, 6.45) is 3.86. The summed E-state index contributed by atoms with van der Waals surface area (Å²) in [7, 11) is -3.50. The molecule has 1 amide bonds. The van der Waals surface area contributed by atoms with Gasteiger partial charge < -0.3 is 4.90 Å². The predicted molar refractivity (Wildman–Crippen MR) is 117 cm³/mol. The molecular weight excluding hydrogens is 398 g/mol. The highest BCUT2D eigenvalue weighted by molar-refractivity contribution is 7.89. The molecule has 4 rings (SSSR count). The molecule has 2 aromatic carbocycles. The zero-order valence-electron chi connectivity index (χ0n) is 17.2. The molecule has 0 aliphatic carbocycles. The number of hydrogen-bond acceptors (Lipinski definition) is 4. The summed E-state index contributed by atoms with van der Waals surface area (Å²) in [5.74, 6) is -0.0312. The maximum Gasteiger partial charge on any atom is 0.253 e. The van der Waals surface area contributed by atoms with Crippen LogP contribution in [0, 0.1) is 0 Å². The zero-order valence-corrected chi connectivity index (χ0v) is 18.1. The number of piperazine rings is 1. The summed E-state index contributed by atoms with van der Waals surface area (Å²) in [5.41, 5.74) is 1.89. The van der Waals surface area contributed by atoms with Crippen molar-refractivity contribution in [1.82, 2.24) is 14.1 Å². The van der Waals surface area contributed by atoms with E-state index in [0.29, 0.717) is 36.6 Å². The van der Waals surface area contributed by atoms with Crippen molar-refractivity contribution in [2.75, 3.05) is 39.3 Å². The molecule has 0 N–H and O–H groups in total. The molecule has 2 aromatic rings. The van der Waals surface area contributed by atoms with Crippen LogP contribution in [0.15, 0.2) is 59.5 Å². The van der Waals surface area contributed by atoms with Crippen LogP contribution < -0.4 is 0 Å². The van der Waals surface area contributed by atoms with Gasteiger partial charge in [0.05, 0.1) is 4.90 Å². The first-order valence-electron chi connectivity index (χ1n) is 10.7. The number of nitrogens with zero attached hydrogens (tertiary/aromatic N) is 3. The minimum absolute atomic E-state index is 0.0312. The first-order valence-corrected chi connectivity index (χ1v) is 12.1. The van der Waals surface area contributed by atoms with Crippen LogP contribution in [-0.2, 0) is 16.6 Å². The summed E-state index contributed by atoms with van der Waals surface area (Å²) >= 11 is 0. The highest BCUT2D eigenvalue weighted by Gasteiger charge is 2.30. The van der Waals surface area contributed by atoms with Crippen LogP contribution in [0.25, 0.3) is 0 Å². The average Bonchev–Trinajstić information content (AvgIpc) is 2.80. The van der Waals surface area contributed by atoms with Gasteiger partial charge in [0, 0.05) is 38.3 Å². The van der Waals surface area contributed by atoms with Crippen molar-refractivity contribution in [2.45, 2.75) is 30.7 Å². The maximum atomic E-state index is 12.9. The summed E-state index contributed by atoms with van der Waals surface area (Å²) in [5, 5.41) is 0. The van der Waals surface area contributed by atoms with Crippen molar-refractivity contribution in [3.63, 3.8) is 0 Å². The number of carbonyl (C=O) groups is 1. The molecule has 2 heterocycles. The molecule has 0 aromatic heterocycles. The molecule has 2 aliphatic heterocycles. The van der Waals surface area contributed by atoms with Crippen LogP contribution in [0.5, 0.6) is 0 Å². The van der Waals surface area contributed by atoms with Crippen LogP contribution in [-0.4, -0.2) is 67.7 Å². The minimum Gasteiger partial charge on any atom is -0.336 e. The molecule has 7 heteroatoms. The Morgan fingerprint density at radius 3 is 2.03 bits per heavy atom. The van der Waals surface area contributed by atoms with E-state index in [1.807, 2.05) is 24.3 Å². The highest BCUT2D eigenvalue weighted by Crippen LogP contribution is 2.19. The third-order valence-corrected chi connectivity index (χ3v) is 7.88. The van der Waals surface area contributed by atoms with E-state index in [4.69, 9.17) is 0 Å². The molecular formula is C23H29N3O3S. The molecule has 160 valence electrons. The molecule has 6 nitrogen and oxygen atoms in total. The molecule has 30 heavy (non-hydrogen) atoms. The lowest BCUT2D eigenvalue weighted by atomic mass is 10.1. The number of benzene rings is 2. The van der Waals surface area contributed by atoms with Crippen LogP contribution >= 0.6 is 0 Å². The average molecular weight is 428 g/mol. The number of amides is 1. The SMILES string of the molecule is O=C(c1ccc(CN2CCCCC2)cc1)N1CCN(S(=O)(=O)c2ccccc2)CC1. The van der Waals surface area contributed by atoms with Crippen LogP contribution in [0.1, 0.15) is 35.2 Å². The van der Waals surface area contributed by atoms with Crippen molar-refractivity contribution in [3.8, 4) is 0 Å². The Morgan fingerprint density at radius 2 is 1.40 bits per heavy atom. The Kier molecular flexibility index (Phi) is 6.51. The van der Waals surface area contributed by atoms with E-state index in [1.165, 1.54) is 29.1 Å². The number of hydrogen-bond donors (Lipinski definition) is 0. The summed E-state index contributed by atoms with van der Waals surface area (Å²) in [6.45, 7) is 4.67. The molecule has 2 saturated heterocycles. The van der Waals surface area contributed by atoms with Crippen LogP contribution in [0.4, 0.5) is 0 Å². The summed E-state index contributed by atoms with van der Waals surface area (Å²) < 4.78 is 27.0. The molecule has 0 atom stereocenters. The lowest BCUT2D eigenvalue weighted by Gasteiger charge is -2.34. The minimum atomic E-state index is -3.50. The second kappa shape index (κ2) is 9.29. The van der Waals surface area contributed by atoms with E-state index >= 15 is 0 Å². The Balaban J connectivity index is 1.34. The third-order valence-electron chi connectivity index (χ3n) is 5.96. The van der Waals surface area contributed by atoms with Gasteiger partial charge in [-0.3, -0.25) is 9.69 Å². The Labute approximate surface area is 179 Å². The number of piperidine rings is 1. The van der Waals surface area contributed by atoms with Gasteiger partial charge >= 0.3 is 0 Å². The molecule has 0 saturated carbocycles. The number of carbonyl (C=O) groups excluding carboxylic acids is 1. The molecule has 0 spiro atoms. The van der Waals surface area contributed by atoms with E-state index in [0.717, 1.165) is 19.6 Å². The van der Waals surface area contributed by atoms with Gasteiger partial charge in [-0.15, -0.1) is 0 Å². The third kappa shape index (κ3) is 4.74. The Hall–Kier alpha value is -2.22. The smallest absolute Gasteiger partial charge is 0.253 e. The van der Waals surface area contributed by atoms with E-state index in [-0.39, 0.29) is 5.91 Å². The lowest BCUT2D eigenvalue weighted by molar-refractivity contribution is 0.0698. The fourth-order valence-corrected chi connectivity index (χ4v) is 5.63. The van der Waals surface area contributed by atoms with Gasteiger partial charge in [0.15, 0.2) is 0 Å². The summed E-state index contributed by atoms with van der Waals surface area (Å²) in [6, 6.07) is 16.3. The highest BCUT2D eigenvalue weighted by atomic mass is 32.2. The molecule has 2 fully saturated rings. The molecule has 0 radical (unpaired) electrons. The van der Waals surface area contributed by atoms with Crippen LogP contribution in [0.2, 0.25) is 0 Å². The van der Waals surface area contributed by atoms with Crippen molar-refractivity contribution in [3.05, 3.63) is 65.7 Å². The van der Waals surface area contributed by atoms with E-state index in [1.54, 1.807) is 35.2 Å². The Morgan fingerprint density at radius 1 is 0.767 bits per heavy atom. The largest absolute Gasteiger partial charge is 0.336 e. The van der Waals surface area contributed by atoms with E-state index < -0.39 is 10.0 Å². The van der Waals surface area contributed by atoms with Crippen molar-refractivity contribution < 1.29 is 13.2 Å².